The lowest BCUT2D eigenvalue weighted by molar-refractivity contribution is -0.114. The Morgan fingerprint density at radius 2 is 1.67 bits per heavy atom. The summed E-state index contributed by atoms with van der Waals surface area (Å²) in [5.41, 5.74) is 0.924. The van der Waals surface area contributed by atoms with Crippen LogP contribution >= 0.6 is 0 Å². The molecule has 66 valence electrons. The van der Waals surface area contributed by atoms with Crippen LogP contribution in [-0.2, 0) is 4.79 Å². The first kappa shape index (κ1) is 10.7. The van der Waals surface area contributed by atoms with E-state index in [1.165, 1.54) is 13.8 Å². The third kappa shape index (κ3) is 5.47. The Hall–Kier alpha value is -1.31. The summed E-state index contributed by atoms with van der Waals surface area (Å²) >= 11 is 0. The van der Waals surface area contributed by atoms with Crippen molar-refractivity contribution < 1.29 is 9.90 Å². The van der Waals surface area contributed by atoms with E-state index < -0.39 is 0 Å². The van der Waals surface area contributed by atoms with Crippen LogP contribution in [0.4, 0.5) is 0 Å². The second-order valence-electron chi connectivity index (χ2n) is 2.69. The molecule has 1 aromatic carbocycles. The molecule has 2 heteroatoms. The molecule has 1 aromatic rings. The van der Waals surface area contributed by atoms with Crippen molar-refractivity contribution in [2.75, 3.05) is 0 Å². The van der Waals surface area contributed by atoms with Gasteiger partial charge in [0, 0.05) is 0 Å². The molecule has 0 radical (unpaired) electrons. The van der Waals surface area contributed by atoms with Crippen LogP contribution in [0.15, 0.2) is 24.3 Å². The second kappa shape index (κ2) is 5.35. The SMILES string of the molecule is CC(C)=O.Cc1ccccc1O. The van der Waals surface area contributed by atoms with E-state index in [1.54, 1.807) is 6.07 Å². The van der Waals surface area contributed by atoms with E-state index in [-0.39, 0.29) is 5.78 Å². The highest BCUT2D eigenvalue weighted by Gasteiger charge is 1.86. The Morgan fingerprint density at radius 1 is 1.25 bits per heavy atom. The molecule has 0 aliphatic heterocycles. The predicted octanol–water partition coefficient (Wildman–Crippen LogP) is 2.30. The number of carbonyl (C=O) groups is 1. The topological polar surface area (TPSA) is 37.3 Å². The Balaban J connectivity index is 0.000000261. The highest BCUT2D eigenvalue weighted by molar-refractivity contribution is 5.72. The van der Waals surface area contributed by atoms with Gasteiger partial charge in [0.15, 0.2) is 0 Å². The zero-order valence-corrected chi connectivity index (χ0v) is 7.66. The maximum atomic E-state index is 9.44. The van der Waals surface area contributed by atoms with Gasteiger partial charge < -0.3 is 9.90 Å². The minimum Gasteiger partial charge on any atom is -0.508 e. The highest BCUT2D eigenvalue weighted by Crippen LogP contribution is 2.12. The number of hydrogen-bond donors (Lipinski definition) is 1. The van der Waals surface area contributed by atoms with E-state index in [4.69, 9.17) is 5.11 Å². The summed E-state index contributed by atoms with van der Waals surface area (Å²) in [5, 5.41) is 8.92. The van der Waals surface area contributed by atoms with Crippen molar-refractivity contribution in [3.05, 3.63) is 29.8 Å². The van der Waals surface area contributed by atoms with Crippen molar-refractivity contribution in [3.63, 3.8) is 0 Å². The minimum atomic E-state index is 0.167. The van der Waals surface area contributed by atoms with Crippen LogP contribution in [0.25, 0.3) is 0 Å². The summed E-state index contributed by atoms with van der Waals surface area (Å²) in [4.78, 5) is 9.44. The number of Topliss-reactive ketones (excluding diaryl/α,β-unsaturated/α-hetero) is 1. The lowest BCUT2D eigenvalue weighted by atomic mass is 10.2. The number of phenols is 1. The largest absolute Gasteiger partial charge is 0.508 e. The Morgan fingerprint density at radius 3 is 1.92 bits per heavy atom. The van der Waals surface area contributed by atoms with Gasteiger partial charge in [-0.1, -0.05) is 18.2 Å². The molecule has 0 saturated heterocycles. The molecule has 12 heavy (non-hydrogen) atoms. The number of hydrogen-bond acceptors (Lipinski definition) is 2. The van der Waals surface area contributed by atoms with E-state index >= 15 is 0 Å². The first-order valence-electron chi connectivity index (χ1n) is 3.76. The maximum Gasteiger partial charge on any atom is 0.126 e. The van der Waals surface area contributed by atoms with E-state index in [0.717, 1.165) is 5.56 Å². The molecule has 0 saturated carbocycles. The van der Waals surface area contributed by atoms with Gasteiger partial charge in [0.05, 0.1) is 0 Å². The number of ketones is 1. The van der Waals surface area contributed by atoms with Gasteiger partial charge in [-0.05, 0) is 32.4 Å². The normalized spacial score (nSPS) is 8.25. The fourth-order valence-corrected chi connectivity index (χ4v) is 0.563. The van der Waals surface area contributed by atoms with Crippen LogP contribution in [0.5, 0.6) is 5.75 Å². The molecule has 0 amide bonds. The number of para-hydroxylation sites is 1. The van der Waals surface area contributed by atoms with Gasteiger partial charge in [-0.15, -0.1) is 0 Å². The Kier molecular flexibility index (Phi) is 4.77. The van der Waals surface area contributed by atoms with E-state index in [0.29, 0.717) is 5.75 Å². The lowest BCUT2D eigenvalue weighted by Gasteiger charge is -1.92. The Bertz CT molecular complexity index is 229. The number of benzene rings is 1. The molecule has 2 nitrogen and oxygen atoms in total. The van der Waals surface area contributed by atoms with Crippen LogP contribution in [0.1, 0.15) is 19.4 Å². The van der Waals surface area contributed by atoms with Gasteiger partial charge in [-0.3, -0.25) is 0 Å². The second-order valence-corrected chi connectivity index (χ2v) is 2.69. The zero-order valence-electron chi connectivity index (χ0n) is 7.66. The molecule has 0 aromatic heterocycles. The van der Waals surface area contributed by atoms with Crippen LogP contribution in [-0.4, -0.2) is 10.9 Å². The number of carbonyl (C=O) groups excluding carboxylic acids is 1. The summed E-state index contributed by atoms with van der Waals surface area (Å²) in [5.74, 6) is 0.535. The molecule has 0 bridgehead atoms. The van der Waals surface area contributed by atoms with Gasteiger partial charge in [-0.2, -0.15) is 0 Å². The van der Waals surface area contributed by atoms with Crippen molar-refractivity contribution in [1.82, 2.24) is 0 Å². The summed E-state index contributed by atoms with van der Waals surface area (Å²) < 4.78 is 0. The first-order chi connectivity index (χ1) is 5.54. The molecule has 0 fully saturated rings. The first-order valence-corrected chi connectivity index (χ1v) is 3.76. The fourth-order valence-electron chi connectivity index (χ4n) is 0.563. The van der Waals surface area contributed by atoms with Crippen molar-refractivity contribution >= 4 is 5.78 Å². The van der Waals surface area contributed by atoms with Gasteiger partial charge in [-0.25, -0.2) is 0 Å². The molecule has 0 aliphatic carbocycles. The fraction of sp³-hybridized carbons (Fsp3) is 0.300. The number of rotatable bonds is 0. The third-order valence-electron chi connectivity index (χ3n) is 1.12. The number of phenolic OH excluding ortho intramolecular Hbond substituents is 1. The van der Waals surface area contributed by atoms with Crippen molar-refractivity contribution in [2.24, 2.45) is 0 Å². The maximum absolute atomic E-state index is 9.44. The van der Waals surface area contributed by atoms with Gasteiger partial charge in [0.1, 0.15) is 11.5 Å². The average molecular weight is 166 g/mol. The summed E-state index contributed by atoms with van der Waals surface area (Å²) in [6.45, 7) is 4.93. The van der Waals surface area contributed by atoms with E-state index in [9.17, 15) is 4.79 Å². The molecular formula is C10H14O2. The summed E-state index contributed by atoms with van der Waals surface area (Å²) in [6, 6.07) is 7.25. The standard InChI is InChI=1S/C7H8O.C3H6O/c1-6-4-2-3-5-7(6)8;1-3(2)4/h2-5,8H,1H3;1-2H3. The lowest BCUT2D eigenvalue weighted by Crippen LogP contribution is -1.69. The van der Waals surface area contributed by atoms with Crippen molar-refractivity contribution in [1.29, 1.82) is 0 Å². The van der Waals surface area contributed by atoms with Crippen molar-refractivity contribution in [2.45, 2.75) is 20.8 Å². The van der Waals surface area contributed by atoms with Crippen molar-refractivity contribution in [3.8, 4) is 5.75 Å². The monoisotopic (exact) mass is 166 g/mol. The Labute approximate surface area is 72.9 Å². The van der Waals surface area contributed by atoms with Gasteiger partial charge in [0.2, 0.25) is 0 Å². The molecule has 0 spiro atoms. The van der Waals surface area contributed by atoms with Crippen LogP contribution < -0.4 is 0 Å². The van der Waals surface area contributed by atoms with Crippen LogP contribution in [0.3, 0.4) is 0 Å². The predicted molar refractivity (Wildman–Crippen MR) is 49.2 cm³/mol. The molecular weight excluding hydrogens is 152 g/mol. The summed E-state index contributed by atoms with van der Waals surface area (Å²) in [6.07, 6.45) is 0. The third-order valence-corrected chi connectivity index (χ3v) is 1.12. The molecule has 0 aliphatic rings. The van der Waals surface area contributed by atoms with Gasteiger partial charge in [0.25, 0.3) is 0 Å². The highest BCUT2D eigenvalue weighted by atomic mass is 16.3. The van der Waals surface area contributed by atoms with Gasteiger partial charge >= 0.3 is 0 Å². The van der Waals surface area contributed by atoms with E-state index in [2.05, 4.69) is 0 Å². The number of aryl methyl sites for hydroxylation is 1. The van der Waals surface area contributed by atoms with Crippen LogP contribution in [0.2, 0.25) is 0 Å². The zero-order chi connectivity index (χ0) is 9.56. The summed E-state index contributed by atoms with van der Waals surface area (Å²) in [7, 11) is 0. The molecule has 0 unspecified atom stereocenters. The number of aromatic hydroxyl groups is 1. The smallest absolute Gasteiger partial charge is 0.126 e. The minimum absolute atomic E-state index is 0.167. The van der Waals surface area contributed by atoms with E-state index in [1.807, 2.05) is 25.1 Å². The van der Waals surface area contributed by atoms with Crippen LogP contribution in [0, 0.1) is 6.92 Å². The quantitative estimate of drug-likeness (QED) is 0.642. The molecule has 1 N–H and O–H groups in total. The molecule has 0 heterocycles. The molecule has 1 rings (SSSR count). The molecule has 0 atom stereocenters. The average Bonchev–Trinajstić information content (AvgIpc) is 1.94.